The Morgan fingerprint density at radius 1 is 0.939 bits per heavy atom. The molecule has 0 aliphatic carbocycles. The van der Waals surface area contributed by atoms with Crippen molar-refractivity contribution in [1.29, 1.82) is 0 Å². The summed E-state index contributed by atoms with van der Waals surface area (Å²) in [6.07, 6.45) is 8.81. The standard InChI is InChI=1S/C26H25F2N3O2/c27-21-5-4-17(12-22(21)28)25-20-11-19-15-30-31(24-3-1-2-8-33-24)23(19)13-18(20)14-29-26(25)16-6-9-32-10-7-16/h4-5,11-16,24H,1-3,6-10H2/p+1. The Morgan fingerprint density at radius 3 is 2.61 bits per heavy atom. The first-order valence-corrected chi connectivity index (χ1v) is 11.7. The second-order valence-electron chi connectivity index (χ2n) is 9.00. The molecule has 2 aliphatic rings. The fraction of sp³-hybridized carbons (Fsp3) is 0.385. The normalized spacial score (nSPS) is 20.0. The molecule has 1 unspecified atom stereocenters. The number of ether oxygens (including phenoxy) is 2. The maximum absolute atomic E-state index is 14.3. The lowest BCUT2D eigenvalue weighted by Crippen LogP contribution is -2.44. The first-order valence-electron chi connectivity index (χ1n) is 11.7. The van der Waals surface area contributed by atoms with Crippen LogP contribution in [0.25, 0.3) is 32.8 Å². The number of rotatable bonds is 3. The second kappa shape index (κ2) is 8.47. The Balaban J connectivity index is 1.56. The van der Waals surface area contributed by atoms with Crippen LogP contribution in [-0.4, -0.2) is 29.9 Å². The fourth-order valence-corrected chi connectivity index (χ4v) is 5.22. The first-order chi connectivity index (χ1) is 16.2. The van der Waals surface area contributed by atoms with Gasteiger partial charge in [0.2, 0.25) is 5.52 Å². The molecule has 0 amide bonds. The predicted octanol–water partition coefficient (Wildman–Crippen LogP) is 5.54. The number of pyridine rings is 1. The molecule has 0 bridgehead atoms. The molecule has 5 nitrogen and oxygen atoms in total. The summed E-state index contributed by atoms with van der Waals surface area (Å²) in [6.45, 7) is 2.13. The van der Waals surface area contributed by atoms with Crippen LogP contribution in [0.4, 0.5) is 8.78 Å². The maximum Gasteiger partial charge on any atom is 0.286 e. The van der Waals surface area contributed by atoms with Crippen LogP contribution in [0.3, 0.4) is 0 Å². The number of halogens is 2. The van der Waals surface area contributed by atoms with Gasteiger partial charge in [-0.15, -0.1) is 0 Å². The predicted molar refractivity (Wildman–Crippen MR) is 121 cm³/mol. The fourth-order valence-electron chi connectivity index (χ4n) is 5.22. The number of H-pyrrole nitrogens is 1. The van der Waals surface area contributed by atoms with E-state index in [1.165, 1.54) is 12.1 Å². The molecule has 0 saturated carbocycles. The van der Waals surface area contributed by atoms with Crippen molar-refractivity contribution < 1.29 is 22.9 Å². The minimum absolute atomic E-state index is 0.00571. The van der Waals surface area contributed by atoms with Crippen molar-refractivity contribution in [2.45, 2.75) is 44.2 Å². The van der Waals surface area contributed by atoms with E-state index in [-0.39, 0.29) is 12.1 Å². The number of aromatic amines is 1. The van der Waals surface area contributed by atoms with Crippen molar-refractivity contribution in [2.75, 3.05) is 19.8 Å². The molecule has 1 N–H and O–H groups in total. The monoisotopic (exact) mass is 450 g/mol. The van der Waals surface area contributed by atoms with Crippen LogP contribution in [0.1, 0.15) is 49.9 Å². The lowest BCUT2D eigenvalue weighted by atomic mass is 9.87. The number of hydrogen-bond acceptors (Lipinski definition) is 3. The van der Waals surface area contributed by atoms with Crippen molar-refractivity contribution in [3.05, 3.63) is 60.1 Å². The number of nitrogens with one attached hydrogen (secondary N) is 1. The van der Waals surface area contributed by atoms with E-state index in [1.54, 1.807) is 6.07 Å². The van der Waals surface area contributed by atoms with E-state index in [0.717, 1.165) is 71.6 Å². The quantitative estimate of drug-likeness (QED) is 0.417. The van der Waals surface area contributed by atoms with E-state index in [9.17, 15) is 8.78 Å². The highest BCUT2D eigenvalue weighted by Crippen LogP contribution is 2.39. The highest BCUT2D eigenvalue weighted by Gasteiger charge is 2.28. The Hall–Kier alpha value is -2.90. The lowest BCUT2D eigenvalue weighted by molar-refractivity contribution is -0.790. The van der Waals surface area contributed by atoms with Gasteiger partial charge in [0, 0.05) is 48.8 Å². The summed E-state index contributed by atoms with van der Waals surface area (Å²) in [4.78, 5) is 4.87. The molecule has 0 spiro atoms. The summed E-state index contributed by atoms with van der Waals surface area (Å²) in [5, 5.41) is 6.35. The van der Waals surface area contributed by atoms with Gasteiger partial charge in [-0.3, -0.25) is 4.98 Å². The molecule has 170 valence electrons. The van der Waals surface area contributed by atoms with Crippen molar-refractivity contribution in [1.82, 2.24) is 10.1 Å². The summed E-state index contributed by atoms with van der Waals surface area (Å²) in [6, 6.07) is 8.37. The van der Waals surface area contributed by atoms with Crippen molar-refractivity contribution in [2.24, 2.45) is 0 Å². The molecule has 0 radical (unpaired) electrons. The molecule has 1 atom stereocenters. The average molecular weight is 451 g/mol. The Morgan fingerprint density at radius 2 is 1.82 bits per heavy atom. The number of nitrogens with zero attached hydrogens (tertiary/aromatic N) is 2. The van der Waals surface area contributed by atoms with E-state index in [4.69, 9.17) is 14.5 Å². The summed E-state index contributed by atoms with van der Waals surface area (Å²) in [7, 11) is 0. The van der Waals surface area contributed by atoms with Crippen molar-refractivity contribution >= 4 is 21.7 Å². The van der Waals surface area contributed by atoms with Gasteiger partial charge >= 0.3 is 0 Å². The van der Waals surface area contributed by atoms with Gasteiger partial charge in [0.25, 0.3) is 6.23 Å². The number of hydrogen-bond donors (Lipinski definition) is 1. The average Bonchev–Trinajstić information content (AvgIpc) is 3.27. The number of aromatic nitrogens is 3. The molecule has 2 saturated heterocycles. The molecule has 7 heteroatoms. The summed E-state index contributed by atoms with van der Waals surface area (Å²) < 4.78 is 41.6. The summed E-state index contributed by atoms with van der Waals surface area (Å²) in [5.41, 5.74) is 3.50. The van der Waals surface area contributed by atoms with Gasteiger partial charge in [-0.2, -0.15) is 5.10 Å². The lowest BCUT2D eigenvalue weighted by Gasteiger charge is -2.24. The minimum Gasteiger partial charge on any atom is -0.381 e. The Labute approximate surface area is 190 Å². The first kappa shape index (κ1) is 20.7. The third kappa shape index (κ3) is 3.69. The Kier molecular flexibility index (Phi) is 5.31. The zero-order chi connectivity index (χ0) is 22.4. The van der Waals surface area contributed by atoms with Crippen LogP contribution in [-0.2, 0) is 9.47 Å². The van der Waals surface area contributed by atoms with Crippen molar-refractivity contribution in [3.8, 4) is 11.1 Å². The second-order valence-corrected chi connectivity index (χ2v) is 9.00. The third-order valence-electron chi connectivity index (χ3n) is 6.95. The summed E-state index contributed by atoms with van der Waals surface area (Å²) >= 11 is 0. The van der Waals surface area contributed by atoms with Gasteiger partial charge in [-0.05, 0) is 54.8 Å². The number of benzene rings is 2. The van der Waals surface area contributed by atoms with Crippen LogP contribution < -0.4 is 4.68 Å². The van der Waals surface area contributed by atoms with Gasteiger partial charge in [-0.1, -0.05) is 10.7 Å². The molecule has 2 aromatic carbocycles. The minimum atomic E-state index is -0.850. The van der Waals surface area contributed by atoms with Crippen LogP contribution in [0.5, 0.6) is 0 Å². The smallest absolute Gasteiger partial charge is 0.286 e. The van der Waals surface area contributed by atoms with Crippen LogP contribution in [0.2, 0.25) is 0 Å². The van der Waals surface area contributed by atoms with E-state index < -0.39 is 11.6 Å². The van der Waals surface area contributed by atoms with E-state index in [0.29, 0.717) is 18.8 Å². The largest absolute Gasteiger partial charge is 0.381 e. The molecule has 33 heavy (non-hydrogen) atoms. The molecule has 2 aliphatic heterocycles. The SMILES string of the molecule is Fc1ccc(-c2c(C3CCOCC3)ncc3cc4c(c[nH][n+]4C4CCCCO4)cc23)cc1F. The van der Waals surface area contributed by atoms with Gasteiger partial charge < -0.3 is 9.47 Å². The van der Waals surface area contributed by atoms with E-state index in [2.05, 4.69) is 21.9 Å². The van der Waals surface area contributed by atoms with Gasteiger partial charge in [0.15, 0.2) is 11.6 Å². The zero-order valence-corrected chi connectivity index (χ0v) is 18.3. The summed E-state index contributed by atoms with van der Waals surface area (Å²) in [5.74, 6) is -1.48. The van der Waals surface area contributed by atoms with Gasteiger partial charge in [0.1, 0.15) is 0 Å². The highest BCUT2D eigenvalue weighted by molar-refractivity contribution is 6.03. The third-order valence-corrected chi connectivity index (χ3v) is 6.95. The van der Waals surface area contributed by atoms with Crippen LogP contribution in [0, 0.1) is 11.6 Å². The van der Waals surface area contributed by atoms with Gasteiger partial charge in [0.05, 0.1) is 23.9 Å². The molecule has 6 rings (SSSR count). The van der Waals surface area contributed by atoms with E-state index >= 15 is 0 Å². The highest BCUT2D eigenvalue weighted by atomic mass is 19.2. The van der Waals surface area contributed by atoms with Crippen LogP contribution >= 0.6 is 0 Å². The van der Waals surface area contributed by atoms with Crippen molar-refractivity contribution in [3.63, 3.8) is 0 Å². The zero-order valence-electron chi connectivity index (χ0n) is 18.3. The molecule has 2 fully saturated rings. The molecule has 4 heterocycles. The maximum atomic E-state index is 14.3. The molecular weight excluding hydrogens is 424 g/mol. The van der Waals surface area contributed by atoms with E-state index in [1.807, 2.05) is 12.4 Å². The Bertz CT molecular complexity index is 1320. The molecule has 2 aromatic heterocycles. The van der Waals surface area contributed by atoms with Gasteiger partial charge in [-0.25, -0.2) is 8.78 Å². The van der Waals surface area contributed by atoms with Crippen LogP contribution in [0.15, 0.2) is 42.7 Å². The number of fused-ring (bicyclic) bond motifs is 2. The topological polar surface area (TPSA) is 51.0 Å². The molecule has 4 aromatic rings. The molecular formula is C26H26F2N3O2+.